The van der Waals surface area contributed by atoms with Crippen LogP contribution in [-0.4, -0.2) is 5.11 Å². The predicted octanol–water partition coefficient (Wildman–Crippen LogP) is 6.37. The molecule has 0 fully saturated rings. The molecule has 0 aliphatic rings. The zero-order chi connectivity index (χ0) is 18.9. The molecule has 0 aromatic heterocycles. The molecule has 0 spiro atoms. The molecule has 0 amide bonds. The molecule has 2 unspecified atom stereocenters. The van der Waals surface area contributed by atoms with Crippen molar-refractivity contribution < 1.29 is 5.11 Å². The van der Waals surface area contributed by atoms with Gasteiger partial charge in [-0.3, -0.25) is 0 Å². The lowest BCUT2D eigenvalue weighted by molar-refractivity contribution is 0.0574. The summed E-state index contributed by atoms with van der Waals surface area (Å²) >= 11 is 0. The van der Waals surface area contributed by atoms with E-state index >= 15 is 0 Å². The van der Waals surface area contributed by atoms with Crippen LogP contribution >= 0.6 is 0 Å². The number of fused-ring (bicyclic) bond motifs is 2. The van der Waals surface area contributed by atoms with Gasteiger partial charge in [-0.25, -0.2) is 0 Å². The minimum absolute atomic E-state index is 0.137. The van der Waals surface area contributed by atoms with E-state index in [1.54, 1.807) is 6.92 Å². The minimum Gasteiger partial charge on any atom is -0.364 e. The Balaban J connectivity index is 1.60. The Hall–Kier alpha value is -3.04. The number of benzene rings is 4. The third-order valence-corrected chi connectivity index (χ3v) is 4.98. The van der Waals surface area contributed by atoms with Gasteiger partial charge in [-0.1, -0.05) is 72.8 Å². The van der Waals surface area contributed by atoms with Crippen LogP contribution in [0.25, 0.3) is 21.5 Å². The first-order valence-corrected chi connectivity index (χ1v) is 9.15. The van der Waals surface area contributed by atoms with Crippen molar-refractivity contribution in [2.45, 2.75) is 25.6 Å². The highest BCUT2D eigenvalue weighted by Crippen LogP contribution is 2.29. The zero-order valence-electron chi connectivity index (χ0n) is 15.5. The lowest BCUT2D eigenvalue weighted by Gasteiger charge is -2.19. The van der Waals surface area contributed by atoms with E-state index in [0.29, 0.717) is 0 Å². The van der Waals surface area contributed by atoms with Crippen LogP contribution in [0.5, 0.6) is 0 Å². The van der Waals surface area contributed by atoms with Crippen molar-refractivity contribution in [3.63, 3.8) is 0 Å². The highest BCUT2D eigenvalue weighted by Gasteiger charge is 2.23. The van der Waals surface area contributed by atoms with Crippen LogP contribution in [0, 0.1) is 0 Å². The second-order valence-electron chi connectivity index (χ2n) is 7.08. The summed E-state index contributed by atoms with van der Waals surface area (Å²) in [5.41, 5.74) is 0.442. The third kappa shape index (κ3) is 3.60. The SMILES string of the molecule is CC(N=NC(C)(O)c1ccc2ccccc2c1)c1ccc2ccccc2c1. The molecule has 1 N–H and O–H groups in total. The second kappa shape index (κ2) is 6.93. The average molecular weight is 354 g/mol. The summed E-state index contributed by atoms with van der Waals surface area (Å²) in [7, 11) is 0. The van der Waals surface area contributed by atoms with E-state index in [0.717, 1.165) is 21.9 Å². The maximum atomic E-state index is 10.9. The third-order valence-electron chi connectivity index (χ3n) is 4.98. The van der Waals surface area contributed by atoms with Gasteiger partial charge >= 0.3 is 0 Å². The second-order valence-corrected chi connectivity index (χ2v) is 7.08. The van der Waals surface area contributed by atoms with Crippen LogP contribution in [0.2, 0.25) is 0 Å². The van der Waals surface area contributed by atoms with Crippen molar-refractivity contribution in [3.05, 3.63) is 96.1 Å². The van der Waals surface area contributed by atoms with Crippen LogP contribution in [0.4, 0.5) is 0 Å². The molecule has 0 radical (unpaired) electrons. The lowest BCUT2D eigenvalue weighted by atomic mass is 10.0. The zero-order valence-corrected chi connectivity index (χ0v) is 15.5. The highest BCUT2D eigenvalue weighted by molar-refractivity contribution is 5.83. The molecular weight excluding hydrogens is 332 g/mol. The molecule has 134 valence electrons. The van der Waals surface area contributed by atoms with Crippen molar-refractivity contribution in [3.8, 4) is 0 Å². The van der Waals surface area contributed by atoms with Gasteiger partial charge in [0.05, 0.1) is 6.04 Å². The first kappa shape index (κ1) is 17.4. The van der Waals surface area contributed by atoms with Gasteiger partial charge in [0.25, 0.3) is 0 Å². The number of hydrogen-bond donors (Lipinski definition) is 1. The molecule has 4 rings (SSSR count). The van der Waals surface area contributed by atoms with Gasteiger partial charge in [0, 0.05) is 5.56 Å². The molecule has 0 aliphatic heterocycles. The van der Waals surface area contributed by atoms with Gasteiger partial charge < -0.3 is 5.11 Å². The summed E-state index contributed by atoms with van der Waals surface area (Å²) in [6.07, 6.45) is 0. The number of azo groups is 1. The summed E-state index contributed by atoms with van der Waals surface area (Å²) in [6.45, 7) is 3.66. The monoisotopic (exact) mass is 354 g/mol. The lowest BCUT2D eigenvalue weighted by Crippen LogP contribution is -2.17. The van der Waals surface area contributed by atoms with Crippen molar-refractivity contribution in [1.29, 1.82) is 0 Å². The Morgan fingerprint density at radius 3 is 1.96 bits per heavy atom. The summed E-state index contributed by atoms with van der Waals surface area (Å²) in [5, 5.41) is 24.1. The van der Waals surface area contributed by atoms with E-state index in [2.05, 4.69) is 46.6 Å². The van der Waals surface area contributed by atoms with Gasteiger partial charge in [0.1, 0.15) is 0 Å². The molecular formula is C24H22N2O. The molecule has 3 heteroatoms. The van der Waals surface area contributed by atoms with Crippen LogP contribution in [0.15, 0.2) is 95.2 Å². The number of hydrogen-bond acceptors (Lipinski definition) is 3. The normalized spacial score (nSPS) is 15.2. The van der Waals surface area contributed by atoms with Crippen molar-refractivity contribution in [2.75, 3.05) is 0 Å². The van der Waals surface area contributed by atoms with Crippen molar-refractivity contribution in [1.82, 2.24) is 0 Å². The van der Waals surface area contributed by atoms with Crippen LogP contribution in [0.1, 0.15) is 31.0 Å². The number of rotatable bonds is 4. The molecule has 0 bridgehead atoms. The van der Waals surface area contributed by atoms with Gasteiger partial charge in [0.15, 0.2) is 5.72 Å². The highest BCUT2D eigenvalue weighted by atomic mass is 16.3. The van der Waals surface area contributed by atoms with E-state index in [1.165, 1.54) is 10.8 Å². The summed E-state index contributed by atoms with van der Waals surface area (Å²) in [5.74, 6) is 0. The topological polar surface area (TPSA) is 45.0 Å². The smallest absolute Gasteiger partial charge is 0.199 e. The fraction of sp³-hybridized carbons (Fsp3) is 0.167. The Kier molecular flexibility index (Phi) is 4.46. The van der Waals surface area contributed by atoms with E-state index in [9.17, 15) is 5.11 Å². The fourth-order valence-corrected chi connectivity index (χ4v) is 3.27. The summed E-state index contributed by atoms with van der Waals surface area (Å²) < 4.78 is 0. The standard InChI is InChI=1S/C24H22N2O/c1-17(20-12-11-18-7-3-5-9-21(18)15-20)25-26-24(2,27)23-14-13-19-8-4-6-10-22(19)16-23/h3-17,27H,1-2H3. The maximum Gasteiger partial charge on any atom is 0.199 e. The Bertz CT molecular complexity index is 1130. The minimum atomic E-state index is -1.37. The fourth-order valence-electron chi connectivity index (χ4n) is 3.27. The number of aliphatic hydroxyl groups is 1. The van der Waals surface area contributed by atoms with Crippen molar-refractivity contribution >= 4 is 21.5 Å². The molecule has 0 heterocycles. The first-order valence-electron chi connectivity index (χ1n) is 9.15. The quantitative estimate of drug-likeness (QED) is 0.425. The molecule has 4 aromatic rings. The first-order chi connectivity index (χ1) is 13.0. The maximum absolute atomic E-state index is 10.9. The molecule has 3 nitrogen and oxygen atoms in total. The summed E-state index contributed by atoms with van der Waals surface area (Å²) in [6, 6.07) is 28.4. The average Bonchev–Trinajstić information content (AvgIpc) is 2.71. The molecule has 0 aliphatic carbocycles. The van der Waals surface area contributed by atoms with Crippen LogP contribution in [0.3, 0.4) is 0 Å². The Morgan fingerprint density at radius 1 is 0.741 bits per heavy atom. The molecule has 0 saturated carbocycles. The van der Waals surface area contributed by atoms with E-state index in [4.69, 9.17) is 0 Å². The Morgan fingerprint density at radius 2 is 1.30 bits per heavy atom. The predicted molar refractivity (Wildman–Crippen MR) is 111 cm³/mol. The van der Waals surface area contributed by atoms with Crippen LogP contribution < -0.4 is 0 Å². The van der Waals surface area contributed by atoms with Gasteiger partial charge in [0.2, 0.25) is 0 Å². The van der Waals surface area contributed by atoms with Gasteiger partial charge in [-0.15, -0.1) is 0 Å². The van der Waals surface area contributed by atoms with E-state index in [1.807, 2.05) is 55.5 Å². The largest absolute Gasteiger partial charge is 0.364 e. The molecule has 27 heavy (non-hydrogen) atoms. The van der Waals surface area contributed by atoms with E-state index in [-0.39, 0.29) is 6.04 Å². The van der Waals surface area contributed by atoms with E-state index < -0.39 is 5.72 Å². The van der Waals surface area contributed by atoms with Crippen LogP contribution in [-0.2, 0) is 5.72 Å². The van der Waals surface area contributed by atoms with Crippen molar-refractivity contribution in [2.24, 2.45) is 10.2 Å². The molecule has 4 aromatic carbocycles. The van der Waals surface area contributed by atoms with Gasteiger partial charge in [-0.2, -0.15) is 10.2 Å². The Labute approximate surface area is 159 Å². The van der Waals surface area contributed by atoms with Gasteiger partial charge in [-0.05, 0) is 53.1 Å². The summed E-state index contributed by atoms with van der Waals surface area (Å²) in [4.78, 5) is 0. The number of nitrogens with zero attached hydrogens (tertiary/aromatic N) is 2. The molecule has 0 saturated heterocycles. The molecule has 2 atom stereocenters.